The normalized spacial score (nSPS) is 23.7. The monoisotopic (exact) mass is 267 g/mol. The predicted molar refractivity (Wildman–Crippen MR) is 70.0 cm³/mol. The van der Waals surface area contributed by atoms with Crippen LogP contribution in [0.5, 0.6) is 0 Å². The van der Waals surface area contributed by atoms with Crippen LogP contribution in [0.25, 0.3) is 0 Å². The van der Waals surface area contributed by atoms with Crippen LogP contribution >= 0.6 is 11.6 Å². The van der Waals surface area contributed by atoms with Crippen molar-refractivity contribution in [2.45, 2.75) is 39.2 Å². The topological polar surface area (TPSA) is 54.9 Å². The number of nitrogens with one attached hydrogen (secondary N) is 1. The van der Waals surface area contributed by atoms with E-state index in [0.29, 0.717) is 17.4 Å². The first-order chi connectivity index (χ1) is 8.66. The summed E-state index contributed by atoms with van der Waals surface area (Å²) >= 11 is 5.89. The summed E-state index contributed by atoms with van der Waals surface area (Å²) < 4.78 is 0. The minimum Gasteiger partial charge on any atom is -0.350 e. The Hall–Kier alpha value is -1.16. The number of halogens is 1. The van der Waals surface area contributed by atoms with Crippen LogP contribution in [-0.2, 0) is 11.3 Å². The Morgan fingerprint density at radius 1 is 1.33 bits per heavy atom. The number of carbonyl (C=O) groups is 1. The van der Waals surface area contributed by atoms with Gasteiger partial charge in [-0.15, -0.1) is 0 Å². The molecule has 0 aromatic carbocycles. The molecular weight excluding hydrogens is 250 g/mol. The Balaban J connectivity index is 1.83. The zero-order valence-electron chi connectivity index (χ0n) is 10.5. The van der Waals surface area contributed by atoms with E-state index in [9.17, 15) is 4.79 Å². The molecule has 4 nitrogen and oxygen atoms in total. The quantitative estimate of drug-likeness (QED) is 0.916. The molecule has 1 saturated carbocycles. The van der Waals surface area contributed by atoms with Crippen LogP contribution in [0.15, 0.2) is 12.4 Å². The Kier molecular flexibility index (Phi) is 4.53. The molecule has 0 aliphatic heterocycles. The first-order valence-electron chi connectivity index (χ1n) is 6.40. The van der Waals surface area contributed by atoms with Crippen LogP contribution in [0.1, 0.15) is 38.3 Å². The average Bonchev–Trinajstić information content (AvgIpc) is 2.38. The van der Waals surface area contributed by atoms with Crippen molar-refractivity contribution in [3.8, 4) is 0 Å². The molecule has 18 heavy (non-hydrogen) atoms. The highest BCUT2D eigenvalue weighted by Crippen LogP contribution is 2.28. The van der Waals surface area contributed by atoms with Gasteiger partial charge in [-0.05, 0) is 31.6 Å². The van der Waals surface area contributed by atoms with Crippen molar-refractivity contribution >= 4 is 17.5 Å². The Morgan fingerprint density at radius 3 is 2.67 bits per heavy atom. The number of hydrogen-bond acceptors (Lipinski definition) is 3. The summed E-state index contributed by atoms with van der Waals surface area (Å²) in [4.78, 5) is 20.0. The zero-order chi connectivity index (χ0) is 13.0. The lowest BCUT2D eigenvalue weighted by Gasteiger charge is -2.25. The van der Waals surface area contributed by atoms with Crippen molar-refractivity contribution in [2.75, 3.05) is 0 Å². The Bertz CT molecular complexity index is 416. The molecule has 1 fully saturated rings. The van der Waals surface area contributed by atoms with Gasteiger partial charge in [0.2, 0.25) is 5.91 Å². The van der Waals surface area contributed by atoms with Crippen LogP contribution in [0.4, 0.5) is 0 Å². The second kappa shape index (κ2) is 6.14. The molecule has 1 N–H and O–H groups in total. The number of aromatic nitrogens is 2. The molecule has 2 rings (SSSR count). The number of hydrogen-bond donors (Lipinski definition) is 1. The van der Waals surface area contributed by atoms with Crippen LogP contribution in [0.2, 0.25) is 5.15 Å². The van der Waals surface area contributed by atoms with Crippen molar-refractivity contribution < 1.29 is 4.79 Å². The predicted octanol–water partition coefficient (Wildman–Crippen LogP) is 2.57. The SMILES string of the molecule is CC1CCC(C(=O)NCc2nccnc2Cl)CC1. The van der Waals surface area contributed by atoms with Crippen LogP contribution in [0.3, 0.4) is 0 Å². The fourth-order valence-electron chi connectivity index (χ4n) is 2.31. The molecule has 5 heteroatoms. The summed E-state index contributed by atoms with van der Waals surface area (Å²) in [5, 5.41) is 3.25. The molecule has 0 radical (unpaired) electrons. The van der Waals surface area contributed by atoms with E-state index in [1.807, 2.05) is 0 Å². The fourth-order valence-corrected chi connectivity index (χ4v) is 2.48. The van der Waals surface area contributed by atoms with Crippen molar-refractivity contribution in [1.82, 2.24) is 15.3 Å². The van der Waals surface area contributed by atoms with Gasteiger partial charge in [-0.3, -0.25) is 9.78 Å². The third-order valence-electron chi connectivity index (χ3n) is 3.54. The van der Waals surface area contributed by atoms with Gasteiger partial charge in [-0.25, -0.2) is 4.98 Å². The van der Waals surface area contributed by atoms with Gasteiger partial charge in [0.15, 0.2) is 5.15 Å². The molecule has 1 aliphatic carbocycles. The second-order valence-electron chi connectivity index (χ2n) is 4.97. The van der Waals surface area contributed by atoms with Gasteiger partial charge >= 0.3 is 0 Å². The third-order valence-corrected chi connectivity index (χ3v) is 3.86. The smallest absolute Gasteiger partial charge is 0.223 e. The highest BCUT2D eigenvalue weighted by atomic mass is 35.5. The molecule has 1 amide bonds. The van der Waals surface area contributed by atoms with Gasteiger partial charge in [0.25, 0.3) is 0 Å². The lowest BCUT2D eigenvalue weighted by atomic mass is 9.82. The van der Waals surface area contributed by atoms with E-state index in [2.05, 4.69) is 22.2 Å². The summed E-state index contributed by atoms with van der Waals surface area (Å²) in [7, 11) is 0. The second-order valence-corrected chi connectivity index (χ2v) is 5.33. The first-order valence-corrected chi connectivity index (χ1v) is 6.77. The minimum atomic E-state index is 0.114. The van der Waals surface area contributed by atoms with Crippen molar-refractivity contribution in [1.29, 1.82) is 0 Å². The summed E-state index contributed by atoms with van der Waals surface area (Å²) in [6.07, 6.45) is 7.38. The van der Waals surface area contributed by atoms with Crippen LogP contribution in [-0.4, -0.2) is 15.9 Å². The Morgan fingerprint density at radius 2 is 2.00 bits per heavy atom. The van der Waals surface area contributed by atoms with E-state index >= 15 is 0 Å². The number of rotatable bonds is 3. The molecule has 0 unspecified atom stereocenters. The van der Waals surface area contributed by atoms with E-state index in [1.165, 1.54) is 6.20 Å². The molecule has 0 atom stereocenters. The van der Waals surface area contributed by atoms with Gasteiger partial charge in [-0.2, -0.15) is 0 Å². The maximum atomic E-state index is 12.0. The molecule has 1 aromatic rings. The number of nitrogens with zero attached hydrogens (tertiary/aromatic N) is 2. The van der Waals surface area contributed by atoms with Gasteiger partial charge in [0.05, 0.1) is 12.2 Å². The molecular formula is C13H18ClN3O. The minimum absolute atomic E-state index is 0.114. The summed E-state index contributed by atoms with van der Waals surface area (Å²) in [5.74, 6) is 1.02. The van der Waals surface area contributed by atoms with Gasteiger partial charge < -0.3 is 5.32 Å². The Labute approximate surface area is 112 Å². The summed E-state index contributed by atoms with van der Waals surface area (Å²) in [5.41, 5.74) is 0.622. The van der Waals surface area contributed by atoms with Crippen molar-refractivity contribution in [3.05, 3.63) is 23.2 Å². The van der Waals surface area contributed by atoms with E-state index < -0.39 is 0 Å². The van der Waals surface area contributed by atoms with Gasteiger partial charge in [0.1, 0.15) is 0 Å². The van der Waals surface area contributed by atoms with E-state index in [0.717, 1.165) is 31.6 Å². The van der Waals surface area contributed by atoms with Crippen LogP contribution < -0.4 is 5.32 Å². The number of carbonyl (C=O) groups excluding carboxylic acids is 1. The van der Waals surface area contributed by atoms with E-state index in [-0.39, 0.29) is 11.8 Å². The largest absolute Gasteiger partial charge is 0.350 e. The lowest BCUT2D eigenvalue weighted by molar-refractivity contribution is -0.126. The van der Waals surface area contributed by atoms with Gasteiger partial charge in [0, 0.05) is 18.3 Å². The fraction of sp³-hybridized carbons (Fsp3) is 0.615. The van der Waals surface area contributed by atoms with Crippen molar-refractivity contribution in [2.24, 2.45) is 11.8 Å². The molecule has 0 bridgehead atoms. The van der Waals surface area contributed by atoms with Gasteiger partial charge in [-0.1, -0.05) is 18.5 Å². The average molecular weight is 268 g/mol. The molecule has 1 aliphatic rings. The molecule has 1 heterocycles. The van der Waals surface area contributed by atoms with E-state index in [4.69, 9.17) is 11.6 Å². The summed E-state index contributed by atoms with van der Waals surface area (Å²) in [6.45, 7) is 2.60. The number of amides is 1. The van der Waals surface area contributed by atoms with Crippen molar-refractivity contribution in [3.63, 3.8) is 0 Å². The molecule has 0 saturated heterocycles. The highest BCUT2D eigenvalue weighted by molar-refractivity contribution is 6.29. The standard InChI is InChI=1S/C13H18ClN3O/c1-9-2-4-10(5-3-9)13(18)17-8-11-12(14)16-7-6-15-11/h6-7,9-10H,2-5,8H2,1H3,(H,17,18). The third kappa shape index (κ3) is 3.42. The first kappa shape index (κ1) is 13.3. The highest BCUT2D eigenvalue weighted by Gasteiger charge is 2.24. The molecule has 1 aromatic heterocycles. The lowest BCUT2D eigenvalue weighted by Crippen LogP contribution is -2.32. The molecule has 0 spiro atoms. The maximum Gasteiger partial charge on any atom is 0.223 e. The molecule has 98 valence electrons. The maximum absolute atomic E-state index is 12.0. The van der Waals surface area contributed by atoms with E-state index in [1.54, 1.807) is 6.20 Å². The van der Waals surface area contributed by atoms with Crippen LogP contribution in [0, 0.1) is 11.8 Å². The zero-order valence-corrected chi connectivity index (χ0v) is 11.3. The summed E-state index contributed by atoms with van der Waals surface area (Å²) in [6, 6.07) is 0.